The van der Waals surface area contributed by atoms with Crippen LogP contribution in [0.4, 0.5) is 4.79 Å². The van der Waals surface area contributed by atoms with Crippen molar-refractivity contribution in [1.29, 1.82) is 0 Å². The average molecular weight is 375 g/mol. The van der Waals surface area contributed by atoms with Crippen molar-refractivity contribution in [3.63, 3.8) is 0 Å². The van der Waals surface area contributed by atoms with Crippen LogP contribution in [-0.2, 0) is 9.53 Å². The van der Waals surface area contributed by atoms with Gasteiger partial charge in [0.05, 0.1) is 12.5 Å². The fraction of sp³-hybridized carbons (Fsp3) is 0.231. The van der Waals surface area contributed by atoms with Crippen LogP contribution in [0.1, 0.15) is 18.0 Å². The molecule has 0 radical (unpaired) electrons. The highest BCUT2D eigenvalue weighted by Gasteiger charge is 2.18. The number of halogens is 1. The number of ether oxygens (including phenoxy) is 1. The normalized spacial score (nSPS) is 11.4. The highest BCUT2D eigenvalue weighted by atomic mass is 127. The lowest BCUT2D eigenvalue weighted by Crippen LogP contribution is -2.30. The van der Waals surface area contributed by atoms with Crippen molar-refractivity contribution in [2.45, 2.75) is 12.5 Å². The van der Waals surface area contributed by atoms with E-state index in [9.17, 15) is 9.59 Å². The molecule has 0 aliphatic carbocycles. The van der Waals surface area contributed by atoms with E-state index in [-0.39, 0.29) is 13.0 Å². The fourth-order valence-corrected chi connectivity index (χ4v) is 2.04. The van der Waals surface area contributed by atoms with Gasteiger partial charge in [0.15, 0.2) is 0 Å². The number of amides is 1. The zero-order chi connectivity index (χ0) is 14.3. The van der Waals surface area contributed by atoms with Crippen LogP contribution in [0.25, 0.3) is 0 Å². The first-order valence-electron chi connectivity index (χ1n) is 5.54. The molecular formula is C13H14INO4. The van der Waals surface area contributed by atoms with Crippen molar-refractivity contribution in [2.75, 3.05) is 6.61 Å². The smallest absolute Gasteiger partial charge is 0.407 e. The SMILES string of the molecule is C=CCOC(=O)N[C@H](CC(=O)O)c1cccc(I)c1. The van der Waals surface area contributed by atoms with Crippen LogP contribution >= 0.6 is 22.6 Å². The summed E-state index contributed by atoms with van der Waals surface area (Å²) >= 11 is 2.12. The number of carboxylic acid groups (broad SMARTS) is 1. The number of carbonyl (C=O) groups is 2. The van der Waals surface area contributed by atoms with E-state index in [1.807, 2.05) is 18.2 Å². The number of carbonyl (C=O) groups excluding carboxylic acids is 1. The minimum absolute atomic E-state index is 0.0813. The van der Waals surface area contributed by atoms with Crippen LogP contribution in [-0.4, -0.2) is 23.8 Å². The molecule has 1 rings (SSSR count). The molecule has 0 aromatic heterocycles. The molecule has 1 aromatic carbocycles. The Labute approximate surface area is 124 Å². The molecule has 2 N–H and O–H groups in total. The summed E-state index contributed by atoms with van der Waals surface area (Å²) in [5.41, 5.74) is 0.727. The first-order valence-corrected chi connectivity index (χ1v) is 6.62. The van der Waals surface area contributed by atoms with Crippen molar-refractivity contribution >= 4 is 34.7 Å². The summed E-state index contributed by atoms with van der Waals surface area (Å²) in [5.74, 6) is -0.993. The monoisotopic (exact) mass is 375 g/mol. The van der Waals surface area contributed by atoms with Crippen molar-refractivity contribution in [2.24, 2.45) is 0 Å². The average Bonchev–Trinajstić information content (AvgIpc) is 2.35. The first kappa shape index (κ1) is 15.5. The van der Waals surface area contributed by atoms with Gasteiger partial charge in [-0.25, -0.2) is 4.79 Å². The molecule has 1 atom stereocenters. The summed E-state index contributed by atoms with van der Waals surface area (Å²) in [5, 5.41) is 11.4. The van der Waals surface area contributed by atoms with Gasteiger partial charge in [0.25, 0.3) is 0 Å². The lowest BCUT2D eigenvalue weighted by atomic mass is 10.0. The predicted octanol–water partition coefficient (Wildman–Crippen LogP) is 2.72. The molecule has 0 aliphatic heterocycles. The molecule has 0 saturated heterocycles. The maximum absolute atomic E-state index is 11.5. The topological polar surface area (TPSA) is 75.6 Å². The number of rotatable bonds is 6. The fourth-order valence-electron chi connectivity index (χ4n) is 1.47. The summed E-state index contributed by atoms with van der Waals surface area (Å²) < 4.78 is 5.76. The molecule has 0 unspecified atom stereocenters. The minimum Gasteiger partial charge on any atom is -0.481 e. The van der Waals surface area contributed by atoms with Crippen molar-refractivity contribution in [3.8, 4) is 0 Å². The lowest BCUT2D eigenvalue weighted by Gasteiger charge is -2.17. The Morgan fingerprint density at radius 3 is 2.84 bits per heavy atom. The van der Waals surface area contributed by atoms with E-state index in [2.05, 4.69) is 34.5 Å². The molecule has 102 valence electrons. The molecule has 0 saturated carbocycles. The second kappa shape index (κ2) is 7.78. The van der Waals surface area contributed by atoms with Crippen LogP contribution in [0, 0.1) is 3.57 Å². The highest BCUT2D eigenvalue weighted by molar-refractivity contribution is 14.1. The summed E-state index contributed by atoms with van der Waals surface area (Å²) in [6, 6.07) is 6.66. The molecule has 1 amide bonds. The molecule has 0 fully saturated rings. The number of hydrogen-bond donors (Lipinski definition) is 2. The Hall–Kier alpha value is -1.57. The quantitative estimate of drug-likeness (QED) is 0.592. The Morgan fingerprint density at radius 2 is 2.26 bits per heavy atom. The van der Waals surface area contributed by atoms with E-state index in [4.69, 9.17) is 9.84 Å². The Balaban J connectivity index is 2.79. The molecule has 19 heavy (non-hydrogen) atoms. The zero-order valence-electron chi connectivity index (χ0n) is 10.1. The lowest BCUT2D eigenvalue weighted by molar-refractivity contribution is -0.137. The summed E-state index contributed by atoms with van der Waals surface area (Å²) in [6.45, 7) is 3.51. The maximum Gasteiger partial charge on any atom is 0.407 e. The van der Waals surface area contributed by atoms with Crippen molar-refractivity contribution < 1.29 is 19.4 Å². The van der Waals surface area contributed by atoms with Gasteiger partial charge in [0.2, 0.25) is 0 Å². The van der Waals surface area contributed by atoms with Crippen molar-refractivity contribution in [3.05, 3.63) is 46.1 Å². The van der Waals surface area contributed by atoms with Gasteiger partial charge in [-0.15, -0.1) is 0 Å². The van der Waals surface area contributed by atoms with Crippen molar-refractivity contribution in [1.82, 2.24) is 5.32 Å². The second-order valence-corrected chi connectivity index (χ2v) is 4.98. The van der Waals surface area contributed by atoms with Crippen LogP contribution in [0.15, 0.2) is 36.9 Å². The molecule has 1 aromatic rings. The molecule has 0 aliphatic rings. The van der Waals surface area contributed by atoms with Crippen LogP contribution in [0.5, 0.6) is 0 Å². The van der Waals surface area contributed by atoms with Gasteiger partial charge in [0, 0.05) is 3.57 Å². The molecule has 0 heterocycles. The van der Waals surface area contributed by atoms with E-state index in [1.54, 1.807) is 6.07 Å². The molecule has 0 bridgehead atoms. The summed E-state index contributed by atoms with van der Waals surface area (Å²) in [4.78, 5) is 22.3. The molecule has 5 nitrogen and oxygen atoms in total. The number of alkyl carbamates (subject to hydrolysis) is 1. The van der Waals surface area contributed by atoms with E-state index in [0.717, 1.165) is 9.13 Å². The Morgan fingerprint density at radius 1 is 1.53 bits per heavy atom. The van der Waals surface area contributed by atoms with E-state index < -0.39 is 18.1 Å². The number of benzene rings is 1. The maximum atomic E-state index is 11.5. The number of aliphatic carboxylic acids is 1. The van der Waals surface area contributed by atoms with Gasteiger partial charge in [-0.05, 0) is 40.3 Å². The summed E-state index contributed by atoms with van der Waals surface area (Å²) in [6.07, 6.45) is 0.575. The number of hydrogen-bond acceptors (Lipinski definition) is 3. The van der Waals surface area contributed by atoms with Crippen LogP contribution < -0.4 is 5.32 Å². The number of carboxylic acids is 1. The first-order chi connectivity index (χ1) is 9.02. The van der Waals surface area contributed by atoms with E-state index >= 15 is 0 Å². The standard InChI is InChI=1S/C13H14INO4/c1-2-6-19-13(18)15-11(8-12(16)17)9-4-3-5-10(14)7-9/h2-5,7,11H,1,6,8H2,(H,15,18)(H,16,17)/t11-/m1/s1. The largest absolute Gasteiger partial charge is 0.481 e. The number of nitrogens with one attached hydrogen (secondary N) is 1. The van der Waals surface area contributed by atoms with Gasteiger partial charge >= 0.3 is 12.1 Å². The molecular weight excluding hydrogens is 361 g/mol. The van der Waals surface area contributed by atoms with Crippen LogP contribution in [0.2, 0.25) is 0 Å². The zero-order valence-corrected chi connectivity index (χ0v) is 12.3. The van der Waals surface area contributed by atoms with Crippen LogP contribution in [0.3, 0.4) is 0 Å². The molecule has 0 spiro atoms. The third kappa shape index (κ3) is 5.73. The summed E-state index contributed by atoms with van der Waals surface area (Å²) in [7, 11) is 0. The minimum atomic E-state index is -0.993. The highest BCUT2D eigenvalue weighted by Crippen LogP contribution is 2.19. The predicted molar refractivity (Wildman–Crippen MR) is 78.8 cm³/mol. The third-order valence-electron chi connectivity index (χ3n) is 2.25. The molecule has 6 heteroatoms. The van der Waals surface area contributed by atoms with E-state index in [0.29, 0.717) is 0 Å². The van der Waals surface area contributed by atoms with Gasteiger partial charge in [-0.1, -0.05) is 24.8 Å². The van der Waals surface area contributed by atoms with Gasteiger partial charge < -0.3 is 15.2 Å². The van der Waals surface area contributed by atoms with Gasteiger partial charge in [-0.2, -0.15) is 0 Å². The third-order valence-corrected chi connectivity index (χ3v) is 2.93. The Bertz CT molecular complexity index is 475. The van der Waals surface area contributed by atoms with E-state index in [1.165, 1.54) is 6.08 Å². The Kier molecular flexibility index (Phi) is 6.34. The second-order valence-electron chi connectivity index (χ2n) is 3.74. The van der Waals surface area contributed by atoms with Gasteiger partial charge in [0.1, 0.15) is 6.61 Å². The van der Waals surface area contributed by atoms with Gasteiger partial charge in [-0.3, -0.25) is 4.79 Å².